The molecule has 0 aliphatic heterocycles. The Morgan fingerprint density at radius 1 is 1.14 bits per heavy atom. The highest BCUT2D eigenvalue weighted by Crippen LogP contribution is 2.38. The van der Waals surface area contributed by atoms with Crippen molar-refractivity contribution in [1.82, 2.24) is 9.97 Å². The summed E-state index contributed by atoms with van der Waals surface area (Å²) in [6, 6.07) is 11.0. The van der Waals surface area contributed by atoms with Gasteiger partial charge in [0.1, 0.15) is 11.1 Å². The fraction of sp³-hybridized carbons (Fsp3) is 0.0909. The van der Waals surface area contributed by atoms with Gasteiger partial charge in [-0.15, -0.1) is 22.7 Å². The minimum atomic E-state index is -4.78. The maximum atomic E-state index is 13.6. The number of nitriles is 1. The summed E-state index contributed by atoms with van der Waals surface area (Å²) in [4.78, 5) is 21.0. The Morgan fingerprint density at radius 3 is 2.49 bits per heavy atom. The standard InChI is InChI=1S/C22H14F3N5O3S4/c23-22(24,25)16-10-17(18-2-1-8-34-18)29-20(15(16)11-26)36-12-19(31)28-13-3-5-14(6-4-13)37(32,33)30-21-27-7-9-35-21/h1-10H,12H2,(H,27,30)(H,28,31). The van der Waals surface area contributed by atoms with Crippen LogP contribution >= 0.6 is 34.4 Å². The Kier molecular flexibility index (Phi) is 7.83. The molecule has 0 atom stereocenters. The molecule has 8 nitrogen and oxygen atoms in total. The van der Waals surface area contributed by atoms with Gasteiger partial charge in [0, 0.05) is 17.3 Å². The summed E-state index contributed by atoms with van der Waals surface area (Å²) in [5.74, 6) is -0.916. The molecule has 0 bridgehead atoms. The number of amides is 1. The van der Waals surface area contributed by atoms with Crippen molar-refractivity contribution in [1.29, 1.82) is 5.26 Å². The molecule has 0 radical (unpaired) electrons. The highest BCUT2D eigenvalue weighted by molar-refractivity contribution is 8.00. The Hall–Kier alpha value is -3.45. The van der Waals surface area contributed by atoms with Crippen LogP contribution in [0.25, 0.3) is 10.6 Å². The average Bonchev–Trinajstić information content (AvgIpc) is 3.56. The number of hydrogen-bond donors (Lipinski definition) is 2. The van der Waals surface area contributed by atoms with Crippen molar-refractivity contribution in [3.8, 4) is 16.6 Å². The second-order valence-electron chi connectivity index (χ2n) is 7.13. The molecule has 2 N–H and O–H groups in total. The lowest BCUT2D eigenvalue weighted by molar-refractivity contribution is -0.138. The van der Waals surface area contributed by atoms with Crippen LogP contribution in [-0.2, 0) is 21.0 Å². The molecule has 3 aromatic heterocycles. The first-order valence-electron chi connectivity index (χ1n) is 10.1. The minimum absolute atomic E-state index is 0.0485. The maximum absolute atomic E-state index is 13.6. The number of hydrogen-bond acceptors (Lipinski definition) is 9. The fourth-order valence-corrected chi connectivity index (χ4v) is 6.28. The molecule has 4 rings (SSSR count). The smallest absolute Gasteiger partial charge is 0.325 e. The third-order valence-electron chi connectivity index (χ3n) is 4.62. The van der Waals surface area contributed by atoms with E-state index >= 15 is 0 Å². The van der Waals surface area contributed by atoms with Crippen molar-refractivity contribution in [3.63, 3.8) is 0 Å². The van der Waals surface area contributed by atoms with E-state index < -0.39 is 33.2 Å². The zero-order valence-corrected chi connectivity index (χ0v) is 21.6. The molecule has 3 heterocycles. The Bertz CT molecular complexity index is 1550. The van der Waals surface area contributed by atoms with Crippen LogP contribution in [-0.4, -0.2) is 30.0 Å². The first kappa shape index (κ1) is 26.6. The van der Waals surface area contributed by atoms with Gasteiger partial charge < -0.3 is 5.32 Å². The van der Waals surface area contributed by atoms with E-state index in [1.807, 2.05) is 0 Å². The van der Waals surface area contributed by atoms with Crippen LogP contribution in [0.4, 0.5) is 24.0 Å². The Morgan fingerprint density at radius 2 is 1.89 bits per heavy atom. The fourth-order valence-electron chi connectivity index (χ4n) is 3.00. The number of thiophene rings is 1. The summed E-state index contributed by atoms with van der Waals surface area (Å²) in [5.41, 5.74) is -1.46. The van der Waals surface area contributed by atoms with Gasteiger partial charge in [0.2, 0.25) is 5.91 Å². The third-order valence-corrected chi connectivity index (χ3v) is 8.66. The molecule has 0 spiro atoms. The first-order chi connectivity index (χ1) is 17.6. The highest BCUT2D eigenvalue weighted by Gasteiger charge is 2.36. The van der Waals surface area contributed by atoms with Crippen LogP contribution in [0.3, 0.4) is 0 Å². The van der Waals surface area contributed by atoms with Gasteiger partial charge in [-0.1, -0.05) is 17.8 Å². The molecule has 15 heteroatoms. The summed E-state index contributed by atoms with van der Waals surface area (Å²) >= 11 is 3.01. The average molecular weight is 582 g/mol. The lowest BCUT2D eigenvalue weighted by Gasteiger charge is -2.13. The van der Waals surface area contributed by atoms with Gasteiger partial charge in [-0.25, -0.2) is 18.4 Å². The van der Waals surface area contributed by atoms with Gasteiger partial charge in [0.05, 0.1) is 32.3 Å². The number of benzene rings is 1. The number of rotatable bonds is 8. The molecule has 37 heavy (non-hydrogen) atoms. The Labute approximate surface area is 221 Å². The van der Waals surface area contributed by atoms with Crippen LogP contribution < -0.4 is 10.0 Å². The summed E-state index contributed by atoms with van der Waals surface area (Å²) in [5, 5.41) is 15.2. The van der Waals surface area contributed by atoms with E-state index in [9.17, 15) is 31.6 Å². The topological polar surface area (TPSA) is 125 Å². The number of aromatic nitrogens is 2. The normalized spacial score (nSPS) is 11.6. The molecule has 1 aromatic carbocycles. The van der Waals surface area contributed by atoms with Gasteiger partial charge >= 0.3 is 6.18 Å². The zero-order chi connectivity index (χ0) is 26.6. The van der Waals surface area contributed by atoms with Crippen LogP contribution in [0.15, 0.2) is 69.3 Å². The van der Waals surface area contributed by atoms with E-state index in [1.54, 1.807) is 29.0 Å². The number of carbonyl (C=O) groups is 1. The molecule has 0 saturated carbocycles. The molecule has 1 amide bonds. The van der Waals surface area contributed by atoms with Crippen LogP contribution in [0.5, 0.6) is 0 Å². The highest BCUT2D eigenvalue weighted by atomic mass is 32.2. The van der Waals surface area contributed by atoms with Crippen molar-refractivity contribution >= 4 is 61.2 Å². The van der Waals surface area contributed by atoms with Gasteiger partial charge in [-0.3, -0.25) is 9.52 Å². The number of carbonyl (C=O) groups excluding carboxylic acids is 1. The molecule has 0 aliphatic carbocycles. The van der Waals surface area contributed by atoms with E-state index in [-0.39, 0.29) is 32.2 Å². The second kappa shape index (κ2) is 10.9. The van der Waals surface area contributed by atoms with Gasteiger partial charge in [-0.2, -0.15) is 18.4 Å². The van der Waals surface area contributed by atoms with Crippen molar-refractivity contribution in [2.45, 2.75) is 16.1 Å². The van der Waals surface area contributed by atoms with Crippen molar-refractivity contribution in [3.05, 3.63) is 70.5 Å². The quantitative estimate of drug-likeness (QED) is 0.256. The van der Waals surface area contributed by atoms with Gasteiger partial charge in [-0.05, 0) is 41.8 Å². The summed E-state index contributed by atoms with van der Waals surface area (Å²) < 4.78 is 68.1. The number of anilines is 2. The Balaban J connectivity index is 1.47. The maximum Gasteiger partial charge on any atom is 0.417 e. The van der Waals surface area contributed by atoms with Crippen LogP contribution in [0.1, 0.15) is 11.1 Å². The number of sulfonamides is 1. The number of halogens is 3. The van der Waals surface area contributed by atoms with Crippen LogP contribution in [0.2, 0.25) is 0 Å². The zero-order valence-electron chi connectivity index (χ0n) is 18.3. The number of pyridine rings is 1. The number of thioether (sulfide) groups is 1. The number of nitrogens with zero attached hydrogens (tertiary/aromatic N) is 3. The molecule has 4 aromatic rings. The second-order valence-corrected chi connectivity index (χ2v) is 11.6. The third kappa shape index (κ3) is 6.46. The molecule has 0 aliphatic rings. The lowest BCUT2D eigenvalue weighted by Crippen LogP contribution is -2.16. The first-order valence-corrected chi connectivity index (χ1v) is 14.3. The number of alkyl halides is 3. The van der Waals surface area contributed by atoms with Crippen molar-refractivity contribution in [2.24, 2.45) is 0 Å². The summed E-state index contributed by atoms with van der Waals surface area (Å²) in [6.07, 6.45) is -3.33. The van der Waals surface area contributed by atoms with Crippen molar-refractivity contribution < 1.29 is 26.4 Å². The predicted molar refractivity (Wildman–Crippen MR) is 136 cm³/mol. The molecular weight excluding hydrogens is 568 g/mol. The van der Waals surface area contributed by atoms with E-state index in [4.69, 9.17) is 0 Å². The van der Waals surface area contributed by atoms with Crippen molar-refractivity contribution in [2.75, 3.05) is 15.8 Å². The van der Waals surface area contributed by atoms with Gasteiger partial charge in [0.15, 0.2) is 5.13 Å². The molecule has 0 unspecified atom stereocenters. The molecular formula is C22H14F3N5O3S4. The van der Waals surface area contributed by atoms with Gasteiger partial charge in [0.25, 0.3) is 10.0 Å². The summed E-state index contributed by atoms with van der Waals surface area (Å²) in [6.45, 7) is 0. The molecule has 190 valence electrons. The lowest BCUT2D eigenvalue weighted by atomic mass is 10.1. The minimum Gasteiger partial charge on any atom is -0.325 e. The molecule has 0 saturated heterocycles. The summed E-state index contributed by atoms with van der Waals surface area (Å²) in [7, 11) is -3.87. The number of nitrogens with one attached hydrogen (secondary N) is 2. The predicted octanol–water partition coefficient (Wildman–Crippen LogP) is 5.69. The SMILES string of the molecule is N#Cc1c(C(F)(F)F)cc(-c2cccs2)nc1SCC(=O)Nc1ccc(S(=O)(=O)Nc2nccs2)cc1. The molecule has 0 fully saturated rings. The van der Waals surface area contributed by atoms with E-state index in [0.29, 0.717) is 16.6 Å². The largest absolute Gasteiger partial charge is 0.417 e. The van der Waals surface area contributed by atoms with E-state index in [1.165, 1.54) is 41.8 Å². The van der Waals surface area contributed by atoms with E-state index in [0.717, 1.165) is 17.4 Å². The number of thiazole rings is 1. The monoisotopic (exact) mass is 581 g/mol. The van der Waals surface area contributed by atoms with Crippen LogP contribution in [0, 0.1) is 11.3 Å². The van der Waals surface area contributed by atoms with E-state index in [2.05, 4.69) is 20.0 Å².